The van der Waals surface area contributed by atoms with Crippen LogP contribution in [0.1, 0.15) is 18.9 Å². The molecule has 0 saturated carbocycles. The van der Waals surface area contributed by atoms with Crippen molar-refractivity contribution in [1.82, 2.24) is 9.97 Å². The van der Waals surface area contributed by atoms with Crippen molar-refractivity contribution in [2.24, 2.45) is 0 Å². The maximum absolute atomic E-state index is 5.45. The molecule has 4 heteroatoms. The molecule has 1 aromatic heterocycles. The Kier molecular flexibility index (Phi) is 4.80. The summed E-state index contributed by atoms with van der Waals surface area (Å²) < 4.78 is 0. The van der Waals surface area contributed by atoms with Gasteiger partial charge in [-0.1, -0.05) is 18.9 Å². The molecule has 0 amide bonds. The molecule has 0 fully saturated rings. The molecule has 23 heavy (non-hydrogen) atoms. The molecule has 0 radical (unpaired) electrons. The Morgan fingerprint density at radius 1 is 1.17 bits per heavy atom. The fraction of sp³-hybridized carbons (Fsp3) is 0.158. The molecule has 3 nitrogen and oxygen atoms in total. The first-order valence-corrected chi connectivity index (χ1v) is 8.50. The van der Waals surface area contributed by atoms with Gasteiger partial charge < -0.3 is 5.32 Å². The van der Waals surface area contributed by atoms with E-state index in [-0.39, 0.29) is 0 Å². The lowest BCUT2D eigenvalue weighted by atomic mass is 10.2. The Bertz CT molecular complexity index is 868. The van der Waals surface area contributed by atoms with Gasteiger partial charge in [0.2, 0.25) is 0 Å². The van der Waals surface area contributed by atoms with Crippen molar-refractivity contribution >= 4 is 34.2 Å². The summed E-state index contributed by atoms with van der Waals surface area (Å²) in [6.45, 7) is 2.18. The predicted molar refractivity (Wildman–Crippen MR) is 98.2 cm³/mol. The largest absolute Gasteiger partial charge is 0.340 e. The van der Waals surface area contributed by atoms with Gasteiger partial charge in [-0.2, -0.15) is 0 Å². The topological polar surface area (TPSA) is 37.8 Å². The van der Waals surface area contributed by atoms with Crippen LogP contribution >= 0.6 is 11.8 Å². The van der Waals surface area contributed by atoms with Crippen LogP contribution < -0.4 is 5.32 Å². The maximum Gasteiger partial charge on any atom is 0.141 e. The Hall–Kier alpha value is -2.51. The third kappa shape index (κ3) is 3.64. The quantitative estimate of drug-likeness (QED) is 0.538. The first kappa shape index (κ1) is 15.4. The Morgan fingerprint density at radius 3 is 2.91 bits per heavy atom. The SMILES string of the molecule is C#Cc1cccc(Nc2ncnc3cc(SCCC)ccc23)c1. The number of terminal acetylenes is 1. The molecule has 0 unspecified atom stereocenters. The highest BCUT2D eigenvalue weighted by atomic mass is 32.2. The van der Waals surface area contributed by atoms with Gasteiger partial charge >= 0.3 is 0 Å². The second-order valence-corrected chi connectivity index (χ2v) is 6.27. The summed E-state index contributed by atoms with van der Waals surface area (Å²) in [4.78, 5) is 9.99. The van der Waals surface area contributed by atoms with Gasteiger partial charge in [-0.15, -0.1) is 18.2 Å². The van der Waals surface area contributed by atoms with Crippen LogP contribution in [0.5, 0.6) is 0 Å². The number of nitrogens with one attached hydrogen (secondary N) is 1. The van der Waals surface area contributed by atoms with Gasteiger partial charge in [0, 0.05) is 21.5 Å². The van der Waals surface area contributed by atoms with E-state index in [2.05, 4.69) is 46.3 Å². The second-order valence-electron chi connectivity index (χ2n) is 5.10. The van der Waals surface area contributed by atoms with E-state index in [4.69, 9.17) is 6.42 Å². The van der Waals surface area contributed by atoms with Gasteiger partial charge in [-0.3, -0.25) is 0 Å². The average Bonchev–Trinajstić information content (AvgIpc) is 2.60. The van der Waals surface area contributed by atoms with E-state index in [1.165, 1.54) is 4.90 Å². The number of benzene rings is 2. The number of anilines is 2. The summed E-state index contributed by atoms with van der Waals surface area (Å²) in [6.07, 6.45) is 8.20. The Balaban J connectivity index is 1.93. The van der Waals surface area contributed by atoms with Crippen molar-refractivity contribution in [3.8, 4) is 12.3 Å². The number of rotatable bonds is 5. The fourth-order valence-electron chi connectivity index (χ4n) is 2.27. The smallest absolute Gasteiger partial charge is 0.141 e. The van der Waals surface area contributed by atoms with E-state index in [0.717, 1.165) is 40.1 Å². The number of hydrogen-bond donors (Lipinski definition) is 1. The van der Waals surface area contributed by atoms with Crippen LogP contribution in [0.4, 0.5) is 11.5 Å². The molecule has 0 bridgehead atoms. The zero-order valence-electron chi connectivity index (χ0n) is 12.9. The van der Waals surface area contributed by atoms with Crippen molar-refractivity contribution in [2.75, 3.05) is 11.1 Å². The molecule has 2 aromatic carbocycles. The van der Waals surface area contributed by atoms with Crippen molar-refractivity contribution in [3.63, 3.8) is 0 Å². The minimum absolute atomic E-state index is 0.788. The van der Waals surface area contributed by atoms with Crippen LogP contribution in [-0.2, 0) is 0 Å². The standard InChI is InChI=1S/C19H17N3S/c1-3-10-23-16-8-9-17-18(12-16)20-13-21-19(17)22-15-7-5-6-14(4-2)11-15/h2,5-9,11-13H,3,10H2,1H3,(H,20,21,22). The van der Waals surface area contributed by atoms with Gasteiger partial charge in [0.1, 0.15) is 12.1 Å². The van der Waals surface area contributed by atoms with Gasteiger partial charge in [-0.05, 0) is 48.6 Å². The molecule has 3 rings (SSSR count). The van der Waals surface area contributed by atoms with Crippen LogP contribution in [0.2, 0.25) is 0 Å². The first-order chi connectivity index (χ1) is 11.3. The molecule has 0 aliphatic heterocycles. The normalized spacial score (nSPS) is 10.4. The van der Waals surface area contributed by atoms with Gasteiger partial charge in [0.05, 0.1) is 5.52 Å². The van der Waals surface area contributed by atoms with E-state index in [1.54, 1.807) is 6.33 Å². The zero-order valence-corrected chi connectivity index (χ0v) is 13.7. The first-order valence-electron chi connectivity index (χ1n) is 7.51. The van der Waals surface area contributed by atoms with E-state index in [1.807, 2.05) is 36.0 Å². The second kappa shape index (κ2) is 7.17. The summed E-state index contributed by atoms with van der Waals surface area (Å²) in [5, 5.41) is 4.33. The highest BCUT2D eigenvalue weighted by Gasteiger charge is 2.06. The highest BCUT2D eigenvalue weighted by molar-refractivity contribution is 7.99. The Morgan fingerprint density at radius 2 is 2.09 bits per heavy atom. The monoisotopic (exact) mass is 319 g/mol. The van der Waals surface area contributed by atoms with Crippen LogP contribution in [0.15, 0.2) is 53.7 Å². The van der Waals surface area contributed by atoms with Crippen molar-refractivity contribution < 1.29 is 0 Å². The number of thioether (sulfide) groups is 1. The lowest BCUT2D eigenvalue weighted by Gasteiger charge is -2.09. The van der Waals surface area contributed by atoms with Gasteiger partial charge in [0.15, 0.2) is 0 Å². The van der Waals surface area contributed by atoms with Gasteiger partial charge in [-0.25, -0.2) is 9.97 Å². The molecule has 0 atom stereocenters. The highest BCUT2D eigenvalue weighted by Crippen LogP contribution is 2.27. The molecular formula is C19H17N3S. The van der Waals surface area contributed by atoms with E-state index < -0.39 is 0 Å². The molecule has 1 heterocycles. The maximum atomic E-state index is 5.45. The van der Waals surface area contributed by atoms with Crippen LogP contribution in [0, 0.1) is 12.3 Å². The third-order valence-electron chi connectivity index (χ3n) is 3.37. The van der Waals surface area contributed by atoms with Crippen LogP contribution in [0.3, 0.4) is 0 Å². The summed E-state index contributed by atoms with van der Waals surface area (Å²) in [5.74, 6) is 4.54. The van der Waals surface area contributed by atoms with Crippen molar-refractivity contribution in [3.05, 3.63) is 54.4 Å². The summed E-state index contributed by atoms with van der Waals surface area (Å²) in [6, 6.07) is 14.0. The van der Waals surface area contributed by atoms with Gasteiger partial charge in [0.25, 0.3) is 0 Å². The minimum atomic E-state index is 0.788. The third-order valence-corrected chi connectivity index (χ3v) is 4.57. The summed E-state index contributed by atoms with van der Waals surface area (Å²) in [7, 11) is 0. The molecule has 0 aliphatic rings. The van der Waals surface area contributed by atoms with Crippen molar-refractivity contribution in [1.29, 1.82) is 0 Å². The molecule has 0 aliphatic carbocycles. The average molecular weight is 319 g/mol. The molecule has 3 aromatic rings. The van der Waals surface area contributed by atoms with Crippen molar-refractivity contribution in [2.45, 2.75) is 18.2 Å². The zero-order chi connectivity index (χ0) is 16.1. The Labute approximate surface area is 140 Å². The van der Waals surface area contributed by atoms with Crippen LogP contribution in [-0.4, -0.2) is 15.7 Å². The lowest BCUT2D eigenvalue weighted by Crippen LogP contribution is -1.96. The summed E-state index contributed by atoms with van der Waals surface area (Å²) in [5.41, 5.74) is 2.70. The van der Waals surface area contributed by atoms with E-state index in [0.29, 0.717) is 0 Å². The van der Waals surface area contributed by atoms with E-state index in [9.17, 15) is 0 Å². The minimum Gasteiger partial charge on any atom is -0.340 e. The summed E-state index contributed by atoms with van der Waals surface area (Å²) >= 11 is 1.85. The van der Waals surface area contributed by atoms with E-state index >= 15 is 0 Å². The molecule has 0 spiro atoms. The molecular weight excluding hydrogens is 302 g/mol. The molecule has 1 N–H and O–H groups in total. The van der Waals surface area contributed by atoms with Crippen LogP contribution in [0.25, 0.3) is 10.9 Å². The lowest BCUT2D eigenvalue weighted by molar-refractivity contribution is 1.10. The number of aromatic nitrogens is 2. The fourth-order valence-corrected chi connectivity index (χ4v) is 3.07. The predicted octanol–water partition coefficient (Wildman–Crippen LogP) is 4.86. The molecule has 0 saturated heterocycles. The number of nitrogens with zero attached hydrogens (tertiary/aromatic N) is 2. The number of fused-ring (bicyclic) bond motifs is 1. The number of hydrogen-bond acceptors (Lipinski definition) is 4. The molecule has 114 valence electrons.